The number of carbonyl (C=O) groups excluding carboxylic acids is 3. The van der Waals surface area contributed by atoms with Crippen LogP contribution in [0.25, 0.3) is 0 Å². The van der Waals surface area contributed by atoms with Gasteiger partial charge in [0.25, 0.3) is 0 Å². The van der Waals surface area contributed by atoms with Crippen LogP contribution in [0.3, 0.4) is 0 Å². The van der Waals surface area contributed by atoms with E-state index in [0.717, 1.165) is 96.3 Å². The first-order valence-electron chi connectivity index (χ1n) is 24.8. The van der Waals surface area contributed by atoms with Crippen LogP contribution in [0.1, 0.15) is 239 Å². The van der Waals surface area contributed by atoms with Gasteiger partial charge in [0.15, 0.2) is 6.10 Å². The molecule has 0 fully saturated rings. The van der Waals surface area contributed by atoms with Crippen molar-refractivity contribution in [2.75, 3.05) is 13.2 Å². The molecule has 0 amide bonds. The van der Waals surface area contributed by atoms with Crippen molar-refractivity contribution in [3.63, 3.8) is 0 Å². The van der Waals surface area contributed by atoms with Gasteiger partial charge in [-0.25, -0.2) is 0 Å². The van der Waals surface area contributed by atoms with Crippen molar-refractivity contribution in [2.24, 2.45) is 0 Å². The topological polar surface area (TPSA) is 78.9 Å². The van der Waals surface area contributed by atoms with Crippen LogP contribution in [0, 0.1) is 0 Å². The Morgan fingerprint density at radius 2 is 0.661 bits per heavy atom. The monoisotopic (exact) mass is 825 g/mol. The zero-order valence-corrected chi connectivity index (χ0v) is 38.8. The summed E-state index contributed by atoms with van der Waals surface area (Å²) in [7, 11) is 0. The molecule has 0 spiro atoms. The molecule has 0 N–H and O–H groups in total. The highest BCUT2D eigenvalue weighted by Gasteiger charge is 2.19. The van der Waals surface area contributed by atoms with E-state index in [0.29, 0.717) is 19.3 Å². The van der Waals surface area contributed by atoms with Crippen LogP contribution in [0.4, 0.5) is 0 Å². The molecular weight excluding hydrogens is 733 g/mol. The molecule has 6 nitrogen and oxygen atoms in total. The van der Waals surface area contributed by atoms with Gasteiger partial charge in [0.2, 0.25) is 0 Å². The van der Waals surface area contributed by atoms with E-state index in [4.69, 9.17) is 14.2 Å². The molecular formula is C53H92O6. The van der Waals surface area contributed by atoms with E-state index < -0.39 is 6.10 Å². The first kappa shape index (κ1) is 56.1. The average Bonchev–Trinajstić information content (AvgIpc) is 3.23. The molecule has 0 aliphatic carbocycles. The van der Waals surface area contributed by atoms with Crippen molar-refractivity contribution in [2.45, 2.75) is 245 Å². The SMILES string of the molecule is CC/C=C\C/C=C\C/C=C\C/C=C\C/C=C\CCCCCC(=O)OCC(COC(=O)CCCCCCCCCCCC)OC(=O)CCCCCCCCCCCCCC. The third kappa shape index (κ3) is 46.0. The highest BCUT2D eigenvalue weighted by Crippen LogP contribution is 2.15. The predicted molar refractivity (Wildman–Crippen MR) is 251 cm³/mol. The number of unbranched alkanes of at least 4 members (excludes halogenated alkanes) is 23. The minimum atomic E-state index is -0.782. The lowest BCUT2D eigenvalue weighted by Gasteiger charge is -2.18. The number of ether oxygens (including phenoxy) is 3. The fourth-order valence-electron chi connectivity index (χ4n) is 6.82. The predicted octanol–water partition coefficient (Wildman–Crippen LogP) is 16.1. The summed E-state index contributed by atoms with van der Waals surface area (Å²) in [5.74, 6) is -0.914. The van der Waals surface area contributed by atoms with Gasteiger partial charge in [-0.2, -0.15) is 0 Å². The van der Waals surface area contributed by atoms with E-state index in [1.165, 1.54) is 103 Å². The van der Waals surface area contributed by atoms with Gasteiger partial charge in [-0.15, -0.1) is 0 Å². The lowest BCUT2D eigenvalue weighted by molar-refractivity contribution is -0.167. The van der Waals surface area contributed by atoms with Gasteiger partial charge in [0, 0.05) is 19.3 Å². The maximum atomic E-state index is 12.7. The second-order valence-corrected chi connectivity index (χ2v) is 16.4. The fourth-order valence-corrected chi connectivity index (χ4v) is 6.82. The van der Waals surface area contributed by atoms with Crippen LogP contribution in [0.15, 0.2) is 60.8 Å². The van der Waals surface area contributed by atoms with Crippen LogP contribution in [0.5, 0.6) is 0 Å². The highest BCUT2D eigenvalue weighted by molar-refractivity contribution is 5.71. The van der Waals surface area contributed by atoms with Crippen molar-refractivity contribution in [1.29, 1.82) is 0 Å². The molecule has 6 heteroatoms. The van der Waals surface area contributed by atoms with Gasteiger partial charge in [-0.05, 0) is 64.2 Å². The van der Waals surface area contributed by atoms with E-state index in [1.807, 2.05) is 0 Å². The Kier molecular flexibility index (Phi) is 45.4. The molecule has 0 aromatic carbocycles. The van der Waals surface area contributed by atoms with Gasteiger partial charge < -0.3 is 14.2 Å². The van der Waals surface area contributed by atoms with Crippen molar-refractivity contribution in [3.05, 3.63) is 60.8 Å². The molecule has 59 heavy (non-hydrogen) atoms. The van der Waals surface area contributed by atoms with Gasteiger partial charge in [-0.1, -0.05) is 216 Å². The molecule has 340 valence electrons. The van der Waals surface area contributed by atoms with Crippen molar-refractivity contribution < 1.29 is 28.6 Å². The minimum absolute atomic E-state index is 0.0820. The Bertz CT molecular complexity index is 1090. The summed E-state index contributed by atoms with van der Waals surface area (Å²) in [6.45, 7) is 6.48. The summed E-state index contributed by atoms with van der Waals surface area (Å²) in [4.78, 5) is 37.8. The molecule has 0 heterocycles. The highest BCUT2D eigenvalue weighted by atomic mass is 16.6. The largest absolute Gasteiger partial charge is 0.462 e. The Morgan fingerprint density at radius 3 is 1.03 bits per heavy atom. The number of hydrogen-bond donors (Lipinski definition) is 0. The van der Waals surface area contributed by atoms with Gasteiger partial charge >= 0.3 is 17.9 Å². The van der Waals surface area contributed by atoms with Gasteiger partial charge in [0.1, 0.15) is 13.2 Å². The summed E-state index contributed by atoms with van der Waals surface area (Å²) in [5, 5.41) is 0. The van der Waals surface area contributed by atoms with Crippen LogP contribution in [-0.2, 0) is 28.6 Å². The molecule has 0 radical (unpaired) electrons. The number of hydrogen-bond acceptors (Lipinski definition) is 6. The first-order valence-corrected chi connectivity index (χ1v) is 24.8. The van der Waals surface area contributed by atoms with Crippen molar-refractivity contribution in [1.82, 2.24) is 0 Å². The van der Waals surface area contributed by atoms with Crippen LogP contribution < -0.4 is 0 Å². The number of rotatable bonds is 44. The fraction of sp³-hybridized carbons (Fsp3) is 0.755. The quantitative estimate of drug-likeness (QED) is 0.0263. The normalized spacial score (nSPS) is 12.5. The van der Waals surface area contributed by atoms with Gasteiger partial charge in [-0.3, -0.25) is 14.4 Å². The summed E-state index contributed by atoms with van der Waals surface area (Å²) >= 11 is 0. The summed E-state index contributed by atoms with van der Waals surface area (Å²) < 4.78 is 16.7. The van der Waals surface area contributed by atoms with Crippen molar-refractivity contribution >= 4 is 17.9 Å². The molecule has 0 saturated heterocycles. The van der Waals surface area contributed by atoms with E-state index in [2.05, 4.69) is 81.5 Å². The molecule has 1 unspecified atom stereocenters. The number of allylic oxidation sites excluding steroid dienone is 10. The standard InChI is InChI=1S/C53H92O6/c1-4-7-10-13-16-19-22-24-25-26-27-28-29-30-32-34-37-40-43-46-52(55)58-49-50(48-57-51(54)45-42-39-36-33-21-18-15-12-9-6-3)59-53(56)47-44-41-38-35-31-23-20-17-14-11-8-5-2/h7,10,16,19,24-25,27-28,30,32,50H,4-6,8-9,11-15,17-18,20-23,26,29,31,33-49H2,1-3H3/b10-7-,19-16-,25-24-,28-27-,32-30-. The number of esters is 3. The van der Waals surface area contributed by atoms with Crippen molar-refractivity contribution in [3.8, 4) is 0 Å². The Morgan fingerprint density at radius 1 is 0.356 bits per heavy atom. The Labute approximate surface area is 364 Å². The maximum absolute atomic E-state index is 12.7. The summed E-state index contributed by atoms with van der Waals surface area (Å²) in [5.41, 5.74) is 0. The maximum Gasteiger partial charge on any atom is 0.306 e. The lowest BCUT2D eigenvalue weighted by atomic mass is 10.0. The van der Waals surface area contributed by atoms with Gasteiger partial charge in [0.05, 0.1) is 0 Å². The molecule has 0 saturated carbocycles. The first-order chi connectivity index (χ1) is 29.0. The average molecular weight is 825 g/mol. The second kappa shape index (κ2) is 47.8. The van der Waals surface area contributed by atoms with E-state index in [1.54, 1.807) is 0 Å². The Hall–Kier alpha value is -2.89. The van der Waals surface area contributed by atoms with Crippen LogP contribution in [-0.4, -0.2) is 37.2 Å². The van der Waals surface area contributed by atoms with Crippen LogP contribution in [0.2, 0.25) is 0 Å². The van der Waals surface area contributed by atoms with Crippen LogP contribution >= 0.6 is 0 Å². The molecule has 0 bridgehead atoms. The van der Waals surface area contributed by atoms with E-state index >= 15 is 0 Å². The molecule has 0 aromatic rings. The molecule has 0 aliphatic rings. The minimum Gasteiger partial charge on any atom is -0.462 e. The second-order valence-electron chi connectivity index (χ2n) is 16.4. The summed E-state index contributed by atoms with van der Waals surface area (Å²) in [6.07, 6.45) is 57.7. The smallest absolute Gasteiger partial charge is 0.306 e. The third-order valence-electron chi connectivity index (χ3n) is 10.5. The zero-order chi connectivity index (χ0) is 43.0. The van der Waals surface area contributed by atoms with E-state index in [-0.39, 0.29) is 31.1 Å². The lowest BCUT2D eigenvalue weighted by Crippen LogP contribution is -2.30. The molecule has 0 aliphatic heterocycles. The van der Waals surface area contributed by atoms with E-state index in [9.17, 15) is 14.4 Å². The third-order valence-corrected chi connectivity index (χ3v) is 10.5. The summed E-state index contributed by atoms with van der Waals surface area (Å²) in [6, 6.07) is 0. The molecule has 0 rings (SSSR count). The zero-order valence-electron chi connectivity index (χ0n) is 38.8. The molecule has 1 atom stereocenters. The Balaban J connectivity index is 4.39. The molecule has 0 aromatic heterocycles. The number of carbonyl (C=O) groups is 3.